The molecule has 1 N–H and O–H groups in total. The molecule has 0 aliphatic carbocycles. The summed E-state index contributed by atoms with van der Waals surface area (Å²) in [4.78, 5) is 29.2. The van der Waals surface area contributed by atoms with E-state index in [2.05, 4.69) is 22.0 Å². The van der Waals surface area contributed by atoms with Crippen molar-refractivity contribution in [1.29, 1.82) is 0 Å². The normalized spacial score (nSPS) is 14.7. The van der Waals surface area contributed by atoms with E-state index in [1.54, 1.807) is 0 Å². The average molecular weight is 383 g/mol. The van der Waals surface area contributed by atoms with Gasteiger partial charge in [0.2, 0.25) is 5.91 Å². The Kier molecular flexibility index (Phi) is 6.76. The van der Waals surface area contributed by atoms with Gasteiger partial charge >= 0.3 is 0 Å². The van der Waals surface area contributed by atoms with Crippen molar-refractivity contribution >= 4 is 23.1 Å². The Balaban J connectivity index is 1.57. The summed E-state index contributed by atoms with van der Waals surface area (Å²) in [5, 5.41) is 2.94. The third kappa shape index (κ3) is 5.16. The van der Waals surface area contributed by atoms with Gasteiger partial charge in [-0.05, 0) is 42.9 Å². The Morgan fingerprint density at radius 3 is 2.32 bits per heavy atom. The first-order valence-electron chi connectivity index (χ1n) is 9.71. The van der Waals surface area contributed by atoms with Crippen LogP contribution in [0.25, 0.3) is 0 Å². The number of likely N-dealkylation sites (N-methyl/N-ethyl adjacent to an activating group) is 1. The van der Waals surface area contributed by atoms with E-state index in [0.717, 1.165) is 44.1 Å². The smallest absolute Gasteiger partial charge is 0.224 e. The lowest BCUT2D eigenvalue weighted by atomic mass is 10.1. The summed E-state index contributed by atoms with van der Waals surface area (Å²) in [6, 6.07) is 13.2. The van der Waals surface area contributed by atoms with Crippen LogP contribution in [0.4, 0.5) is 15.8 Å². The van der Waals surface area contributed by atoms with Crippen LogP contribution in [-0.4, -0.2) is 49.3 Å². The van der Waals surface area contributed by atoms with Crippen LogP contribution in [0.15, 0.2) is 48.5 Å². The fourth-order valence-corrected chi connectivity index (χ4v) is 3.38. The largest absolute Gasteiger partial charge is 0.367 e. The fraction of sp³-hybridized carbons (Fsp3) is 0.364. The molecule has 1 aliphatic heterocycles. The van der Waals surface area contributed by atoms with Gasteiger partial charge in [0.25, 0.3) is 0 Å². The maximum absolute atomic E-state index is 13.0. The summed E-state index contributed by atoms with van der Waals surface area (Å²) in [7, 11) is 0. The number of hydrogen-bond acceptors (Lipinski definition) is 4. The van der Waals surface area contributed by atoms with Gasteiger partial charge in [-0.1, -0.05) is 19.1 Å². The van der Waals surface area contributed by atoms with Crippen LogP contribution in [0.5, 0.6) is 0 Å². The monoisotopic (exact) mass is 383 g/mol. The fourth-order valence-electron chi connectivity index (χ4n) is 3.38. The van der Waals surface area contributed by atoms with E-state index >= 15 is 0 Å². The Bertz CT molecular complexity index is 815. The number of halogens is 1. The molecule has 1 saturated heterocycles. The number of para-hydroxylation sites is 2. The second-order valence-corrected chi connectivity index (χ2v) is 6.92. The molecule has 0 spiro atoms. The summed E-state index contributed by atoms with van der Waals surface area (Å²) in [5.41, 5.74) is 2.20. The molecule has 1 heterocycles. The van der Waals surface area contributed by atoms with Gasteiger partial charge in [-0.3, -0.25) is 9.59 Å². The highest BCUT2D eigenvalue weighted by Crippen LogP contribution is 2.27. The summed E-state index contributed by atoms with van der Waals surface area (Å²) in [6.45, 7) is 7.06. The van der Waals surface area contributed by atoms with Crippen LogP contribution in [-0.2, 0) is 4.79 Å². The standard InChI is InChI=1S/C22H26FN3O2/c1-2-25-13-15-26(16-14-25)20-6-4-3-5-19(20)24-22(28)12-11-21(27)17-7-9-18(23)10-8-17/h3-10H,2,11-16H2,1H3,(H,24,28). The number of hydrogen-bond donors (Lipinski definition) is 1. The molecule has 1 amide bonds. The minimum absolute atomic E-state index is 0.0914. The number of nitrogens with zero attached hydrogens (tertiary/aromatic N) is 2. The number of anilines is 2. The lowest BCUT2D eigenvalue weighted by Crippen LogP contribution is -2.46. The zero-order valence-corrected chi connectivity index (χ0v) is 16.2. The molecule has 0 atom stereocenters. The van der Waals surface area contributed by atoms with Crippen molar-refractivity contribution in [2.45, 2.75) is 19.8 Å². The molecule has 0 saturated carbocycles. The van der Waals surface area contributed by atoms with Crippen molar-refractivity contribution < 1.29 is 14.0 Å². The number of ketones is 1. The number of carbonyl (C=O) groups excluding carboxylic acids is 2. The molecule has 3 rings (SSSR count). The molecule has 5 nitrogen and oxygen atoms in total. The van der Waals surface area contributed by atoms with Crippen molar-refractivity contribution in [2.75, 3.05) is 42.9 Å². The topological polar surface area (TPSA) is 52.6 Å². The van der Waals surface area contributed by atoms with Gasteiger partial charge in [-0.2, -0.15) is 0 Å². The maximum Gasteiger partial charge on any atom is 0.224 e. The van der Waals surface area contributed by atoms with Gasteiger partial charge < -0.3 is 15.1 Å². The molecule has 0 aromatic heterocycles. The number of benzene rings is 2. The lowest BCUT2D eigenvalue weighted by Gasteiger charge is -2.36. The molecule has 1 fully saturated rings. The second-order valence-electron chi connectivity index (χ2n) is 6.92. The molecule has 6 heteroatoms. The van der Waals surface area contributed by atoms with Crippen molar-refractivity contribution in [3.63, 3.8) is 0 Å². The van der Waals surface area contributed by atoms with Gasteiger partial charge in [0.05, 0.1) is 11.4 Å². The molecule has 0 unspecified atom stereocenters. The summed E-state index contributed by atoms with van der Waals surface area (Å²) >= 11 is 0. The highest BCUT2D eigenvalue weighted by atomic mass is 19.1. The highest BCUT2D eigenvalue weighted by Gasteiger charge is 2.19. The lowest BCUT2D eigenvalue weighted by molar-refractivity contribution is -0.116. The van der Waals surface area contributed by atoms with Crippen LogP contribution < -0.4 is 10.2 Å². The van der Waals surface area contributed by atoms with Gasteiger partial charge in [-0.25, -0.2) is 4.39 Å². The molecule has 28 heavy (non-hydrogen) atoms. The van der Waals surface area contributed by atoms with E-state index in [9.17, 15) is 14.0 Å². The number of amides is 1. The SMILES string of the molecule is CCN1CCN(c2ccccc2NC(=O)CCC(=O)c2ccc(F)cc2)CC1. The van der Waals surface area contributed by atoms with Crippen LogP contribution >= 0.6 is 0 Å². The molecular weight excluding hydrogens is 357 g/mol. The summed E-state index contributed by atoms with van der Waals surface area (Å²) < 4.78 is 13.0. The van der Waals surface area contributed by atoms with Crippen LogP contribution in [0.3, 0.4) is 0 Å². The van der Waals surface area contributed by atoms with Crippen LogP contribution in [0.2, 0.25) is 0 Å². The third-order valence-electron chi connectivity index (χ3n) is 5.08. The first-order valence-corrected chi connectivity index (χ1v) is 9.71. The van der Waals surface area contributed by atoms with Gasteiger partial charge in [-0.15, -0.1) is 0 Å². The molecule has 2 aromatic rings. The minimum Gasteiger partial charge on any atom is -0.367 e. The van der Waals surface area contributed by atoms with Crippen molar-refractivity contribution in [3.05, 3.63) is 59.9 Å². The quantitative estimate of drug-likeness (QED) is 0.743. The van der Waals surface area contributed by atoms with E-state index in [1.807, 2.05) is 24.3 Å². The van der Waals surface area contributed by atoms with Crippen molar-refractivity contribution in [2.24, 2.45) is 0 Å². The Labute approximate surface area is 165 Å². The van der Waals surface area contributed by atoms with Crippen molar-refractivity contribution in [1.82, 2.24) is 4.90 Å². The predicted molar refractivity (Wildman–Crippen MR) is 109 cm³/mol. The van der Waals surface area contributed by atoms with Crippen LogP contribution in [0.1, 0.15) is 30.1 Å². The number of nitrogens with one attached hydrogen (secondary N) is 1. The third-order valence-corrected chi connectivity index (χ3v) is 5.08. The second kappa shape index (κ2) is 9.46. The molecular formula is C22H26FN3O2. The Morgan fingerprint density at radius 2 is 1.64 bits per heavy atom. The number of piperazine rings is 1. The summed E-state index contributed by atoms with van der Waals surface area (Å²) in [6.07, 6.45) is 0.183. The Hall–Kier alpha value is -2.73. The van der Waals surface area contributed by atoms with Crippen molar-refractivity contribution in [3.8, 4) is 0 Å². The molecule has 0 radical (unpaired) electrons. The number of rotatable bonds is 7. The molecule has 148 valence electrons. The van der Waals surface area contributed by atoms with Gasteiger partial charge in [0, 0.05) is 44.6 Å². The van der Waals surface area contributed by atoms with E-state index in [1.165, 1.54) is 24.3 Å². The van der Waals surface area contributed by atoms with Gasteiger partial charge in [0.15, 0.2) is 5.78 Å². The zero-order valence-electron chi connectivity index (χ0n) is 16.2. The number of carbonyl (C=O) groups is 2. The van der Waals surface area contributed by atoms with E-state index < -0.39 is 0 Å². The molecule has 1 aliphatic rings. The van der Waals surface area contributed by atoms with E-state index in [-0.39, 0.29) is 30.3 Å². The predicted octanol–water partition coefficient (Wildman–Crippen LogP) is 3.57. The first kappa shape index (κ1) is 20.0. The van der Waals surface area contributed by atoms with Gasteiger partial charge in [0.1, 0.15) is 5.82 Å². The summed E-state index contributed by atoms with van der Waals surface area (Å²) in [5.74, 6) is -0.750. The first-order chi connectivity index (χ1) is 13.6. The average Bonchev–Trinajstić information content (AvgIpc) is 2.73. The number of Topliss-reactive ketones (excluding diaryl/α,β-unsaturated/α-hetero) is 1. The van der Waals surface area contributed by atoms with E-state index in [0.29, 0.717) is 5.56 Å². The molecule has 0 bridgehead atoms. The molecule has 2 aromatic carbocycles. The van der Waals surface area contributed by atoms with Crippen LogP contribution in [0, 0.1) is 5.82 Å². The van der Waals surface area contributed by atoms with E-state index in [4.69, 9.17) is 0 Å². The zero-order chi connectivity index (χ0) is 19.9. The maximum atomic E-state index is 13.0. The highest BCUT2D eigenvalue weighted by molar-refractivity contribution is 6.00. The minimum atomic E-state index is -0.384. The Morgan fingerprint density at radius 1 is 0.964 bits per heavy atom.